The maximum Gasteiger partial charge on any atom is 0.148 e. The van der Waals surface area contributed by atoms with Crippen molar-refractivity contribution in [3.8, 4) is 11.5 Å². The Morgan fingerprint density at radius 1 is 1.18 bits per heavy atom. The fourth-order valence-corrected chi connectivity index (χ4v) is 1.57. The molecule has 0 spiro atoms. The van der Waals surface area contributed by atoms with Crippen LogP contribution in [0.3, 0.4) is 0 Å². The second kappa shape index (κ2) is 5.46. The van der Waals surface area contributed by atoms with Gasteiger partial charge in [-0.2, -0.15) is 0 Å². The molecule has 0 aliphatic heterocycles. The second-order valence-electron chi connectivity index (χ2n) is 3.77. The van der Waals surface area contributed by atoms with E-state index in [0.717, 1.165) is 22.8 Å². The molecule has 1 aromatic carbocycles. The van der Waals surface area contributed by atoms with Crippen molar-refractivity contribution >= 4 is 0 Å². The van der Waals surface area contributed by atoms with Crippen LogP contribution in [0.2, 0.25) is 0 Å². The molecule has 1 aromatic heterocycles. The van der Waals surface area contributed by atoms with E-state index in [0.29, 0.717) is 6.61 Å². The first-order valence-corrected chi connectivity index (χ1v) is 5.47. The Balaban J connectivity index is 2.18. The smallest absolute Gasteiger partial charge is 0.148 e. The van der Waals surface area contributed by atoms with E-state index in [1.54, 1.807) is 13.3 Å². The van der Waals surface area contributed by atoms with Crippen LogP contribution >= 0.6 is 0 Å². The molecule has 0 bridgehead atoms. The third kappa shape index (κ3) is 3.04. The minimum Gasteiger partial charge on any atom is -0.455 e. The molecule has 1 heterocycles. The van der Waals surface area contributed by atoms with Crippen LogP contribution in [0.25, 0.3) is 0 Å². The molecule has 2 rings (SSSR count). The molecule has 0 saturated heterocycles. The zero-order chi connectivity index (χ0) is 12.1. The van der Waals surface area contributed by atoms with Gasteiger partial charge in [0.1, 0.15) is 11.5 Å². The second-order valence-corrected chi connectivity index (χ2v) is 3.77. The average Bonchev–Trinajstić information content (AvgIpc) is 2.33. The maximum atomic E-state index is 5.78. The summed E-state index contributed by atoms with van der Waals surface area (Å²) in [5, 5.41) is 0. The number of benzene rings is 1. The van der Waals surface area contributed by atoms with E-state index in [-0.39, 0.29) is 0 Å². The van der Waals surface area contributed by atoms with Crippen LogP contribution in [0.15, 0.2) is 42.6 Å². The quantitative estimate of drug-likeness (QED) is 0.805. The molecular formula is C14H15NO2. The van der Waals surface area contributed by atoms with E-state index >= 15 is 0 Å². The monoisotopic (exact) mass is 229 g/mol. The molecule has 0 unspecified atom stereocenters. The number of rotatable bonds is 4. The summed E-state index contributed by atoms with van der Waals surface area (Å²) >= 11 is 0. The number of aromatic nitrogens is 1. The van der Waals surface area contributed by atoms with Crippen LogP contribution in [0.4, 0.5) is 0 Å². The van der Waals surface area contributed by atoms with E-state index < -0.39 is 0 Å². The SMILES string of the molecule is COCc1cccc(Oc2cccnc2C)c1. The molecule has 0 N–H and O–H groups in total. The standard InChI is InChI=1S/C14H15NO2/c1-11-14(7-4-8-15-11)17-13-6-3-5-12(9-13)10-16-2/h3-9H,10H2,1-2H3. The van der Waals surface area contributed by atoms with Gasteiger partial charge in [0.05, 0.1) is 12.3 Å². The number of nitrogens with zero attached hydrogens (tertiary/aromatic N) is 1. The number of hydrogen-bond donors (Lipinski definition) is 0. The van der Waals surface area contributed by atoms with Gasteiger partial charge in [0.2, 0.25) is 0 Å². The summed E-state index contributed by atoms with van der Waals surface area (Å²) in [7, 11) is 1.68. The topological polar surface area (TPSA) is 31.4 Å². The predicted molar refractivity (Wildman–Crippen MR) is 66.2 cm³/mol. The Hall–Kier alpha value is -1.87. The third-order valence-electron chi connectivity index (χ3n) is 2.40. The van der Waals surface area contributed by atoms with Crippen molar-refractivity contribution in [3.05, 3.63) is 53.9 Å². The summed E-state index contributed by atoms with van der Waals surface area (Å²) in [5.41, 5.74) is 1.97. The molecule has 0 aliphatic carbocycles. The van der Waals surface area contributed by atoms with Crippen LogP contribution in [0.5, 0.6) is 11.5 Å². The summed E-state index contributed by atoms with van der Waals surface area (Å²) in [6.45, 7) is 2.51. The maximum absolute atomic E-state index is 5.78. The number of aryl methyl sites for hydroxylation is 1. The summed E-state index contributed by atoms with van der Waals surface area (Å²) in [5.74, 6) is 1.58. The Morgan fingerprint density at radius 3 is 2.82 bits per heavy atom. The lowest BCUT2D eigenvalue weighted by molar-refractivity contribution is 0.184. The van der Waals surface area contributed by atoms with E-state index in [2.05, 4.69) is 4.98 Å². The molecule has 0 fully saturated rings. The molecule has 3 heteroatoms. The van der Waals surface area contributed by atoms with Crippen LogP contribution < -0.4 is 4.74 Å². The zero-order valence-corrected chi connectivity index (χ0v) is 10.0. The molecule has 88 valence electrons. The van der Waals surface area contributed by atoms with Gasteiger partial charge in [-0.05, 0) is 36.8 Å². The van der Waals surface area contributed by atoms with Gasteiger partial charge in [-0.1, -0.05) is 12.1 Å². The largest absolute Gasteiger partial charge is 0.455 e. The molecule has 0 radical (unpaired) electrons. The van der Waals surface area contributed by atoms with Crippen molar-refractivity contribution in [1.82, 2.24) is 4.98 Å². The summed E-state index contributed by atoms with van der Waals surface area (Å²) in [4.78, 5) is 4.18. The lowest BCUT2D eigenvalue weighted by atomic mass is 10.2. The van der Waals surface area contributed by atoms with Crippen LogP contribution in [0.1, 0.15) is 11.3 Å². The van der Waals surface area contributed by atoms with Crippen LogP contribution in [0, 0.1) is 6.92 Å². The first-order valence-electron chi connectivity index (χ1n) is 5.47. The van der Waals surface area contributed by atoms with Gasteiger partial charge in [0.25, 0.3) is 0 Å². The van der Waals surface area contributed by atoms with Gasteiger partial charge in [-0.3, -0.25) is 4.98 Å². The van der Waals surface area contributed by atoms with Gasteiger partial charge >= 0.3 is 0 Å². The van der Waals surface area contributed by atoms with Crippen molar-refractivity contribution in [1.29, 1.82) is 0 Å². The Labute approximate surface area is 101 Å². The minimum atomic E-state index is 0.587. The lowest BCUT2D eigenvalue weighted by Crippen LogP contribution is -1.92. The van der Waals surface area contributed by atoms with E-state index in [4.69, 9.17) is 9.47 Å². The van der Waals surface area contributed by atoms with Crippen LogP contribution in [-0.2, 0) is 11.3 Å². The van der Waals surface area contributed by atoms with Crippen molar-refractivity contribution in [2.45, 2.75) is 13.5 Å². The van der Waals surface area contributed by atoms with Gasteiger partial charge in [-0.25, -0.2) is 0 Å². The Bertz CT molecular complexity index is 497. The highest BCUT2D eigenvalue weighted by Gasteiger charge is 2.02. The molecule has 0 atom stereocenters. The summed E-state index contributed by atoms with van der Waals surface area (Å²) < 4.78 is 10.9. The van der Waals surface area contributed by atoms with Gasteiger partial charge < -0.3 is 9.47 Å². The predicted octanol–water partition coefficient (Wildman–Crippen LogP) is 3.33. The first kappa shape index (κ1) is 11.6. The molecule has 0 amide bonds. The third-order valence-corrected chi connectivity index (χ3v) is 2.40. The van der Waals surface area contributed by atoms with Gasteiger partial charge in [-0.15, -0.1) is 0 Å². The first-order chi connectivity index (χ1) is 8.29. The van der Waals surface area contributed by atoms with E-state index in [1.165, 1.54) is 0 Å². The molecular weight excluding hydrogens is 214 g/mol. The normalized spacial score (nSPS) is 10.2. The molecule has 3 nitrogen and oxygen atoms in total. The number of methoxy groups -OCH3 is 1. The van der Waals surface area contributed by atoms with E-state index in [1.807, 2.05) is 43.3 Å². The lowest BCUT2D eigenvalue weighted by Gasteiger charge is -2.08. The van der Waals surface area contributed by atoms with Crippen molar-refractivity contribution in [3.63, 3.8) is 0 Å². The Kier molecular flexibility index (Phi) is 3.73. The fourth-order valence-electron chi connectivity index (χ4n) is 1.57. The fraction of sp³-hybridized carbons (Fsp3) is 0.214. The van der Waals surface area contributed by atoms with Crippen LogP contribution in [-0.4, -0.2) is 12.1 Å². The number of pyridine rings is 1. The number of ether oxygens (including phenoxy) is 2. The highest BCUT2D eigenvalue weighted by atomic mass is 16.5. The highest BCUT2D eigenvalue weighted by molar-refractivity contribution is 5.35. The summed E-state index contributed by atoms with van der Waals surface area (Å²) in [6, 6.07) is 11.6. The van der Waals surface area contributed by atoms with Gasteiger partial charge in [0.15, 0.2) is 0 Å². The minimum absolute atomic E-state index is 0.587. The highest BCUT2D eigenvalue weighted by Crippen LogP contribution is 2.24. The molecule has 2 aromatic rings. The van der Waals surface area contributed by atoms with Gasteiger partial charge in [0, 0.05) is 13.3 Å². The Morgan fingerprint density at radius 2 is 2.06 bits per heavy atom. The van der Waals surface area contributed by atoms with Crippen molar-refractivity contribution in [2.24, 2.45) is 0 Å². The molecule has 0 saturated carbocycles. The zero-order valence-electron chi connectivity index (χ0n) is 10.0. The summed E-state index contributed by atoms with van der Waals surface area (Å²) in [6.07, 6.45) is 1.75. The van der Waals surface area contributed by atoms with Crippen molar-refractivity contribution < 1.29 is 9.47 Å². The molecule has 17 heavy (non-hydrogen) atoms. The average molecular weight is 229 g/mol. The van der Waals surface area contributed by atoms with Crippen molar-refractivity contribution in [2.75, 3.05) is 7.11 Å². The number of hydrogen-bond acceptors (Lipinski definition) is 3. The molecule has 0 aliphatic rings. The van der Waals surface area contributed by atoms with E-state index in [9.17, 15) is 0 Å².